The fourth-order valence-electron chi connectivity index (χ4n) is 3.99. The Morgan fingerprint density at radius 3 is 2.19 bits per heavy atom. The van der Waals surface area contributed by atoms with E-state index in [9.17, 15) is 14.4 Å². The molecule has 0 aliphatic heterocycles. The lowest BCUT2D eigenvalue weighted by Gasteiger charge is -2.15. The van der Waals surface area contributed by atoms with Gasteiger partial charge in [0, 0.05) is 21.8 Å². The molecule has 0 radical (unpaired) electrons. The lowest BCUT2D eigenvalue weighted by atomic mass is 10.1. The van der Waals surface area contributed by atoms with Crippen molar-refractivity contribution in [2.75, 3.05) is 17.7 Å². The number of hydrogen-bond donors (Lipinski definition) is 3. The maximum Gasteiger partial charge on any atom is 0.272 e. The lowest BCUT2D eigenvalue weighted by Crippen LogP contribution is -2.30. The van der Waals surface area contributed by atoms with Gasteiger partial charge in [0.15, 0.2) is 0 Å². The van der Waals surface area contributed by atoms with Crippen LogP contribution in [0.2, 0.25) is 0 Å². The van der Waals surface area contributed by atoms with Crippen LogP contribution in [0.5, 0.6) is 5.75 Å². The summed E-state index contributed by atoms with van der Waals surface area (Å²) in [5, 5.41) is 8.27. The van der Waals surface area contributed by atoms with E-state index < -0.39 is 11.8 Å². The van der Waals surface area contributed by atoms with E-state index in [2.05, 4.69) is 16.0 Å². The van der Waals surface area contributed by atoms with Crippen molar-refractivity contribution in [2.24, 2.45) is 0 Å². The Labute approximate surface area is 250 Å². The van der Waals surface area contributed by atoms with E-state index in [1.807, 2.05) is 57.2 Å². The summed E-state index contributed by atoms with van der Waals surface area (Å²) in [6.45, 7) is 5.81. The van der Waals surface area contributed by atoms with Gasteiger partial charge in [-0.05, 0) is 98.1 Å². The molecule has 4 aromatic carbocycles. The number of nitrogens with one attached hydrogen (secondary N) is 3. The van der Waals surface area contributed by atoms with Crippen molar-refractivity contribution >= 4 is 46.9 Å². The number of amides is 3. The minimum Gasteiger partial charge on any atom is -0.497 e. The van der Waals surface area contributed by atoms with Gasteiger partial charge in [-0.15, -0.1) is 11.8 Å². The summed E-state index contributed by atoms with van der Waals surface area (Å²) in [6, 6.07) is 29.0. The molecule has 4 rings (SSSR count). The van der Waals surface area contributed by atoms with Crippen molar-refractivity contribution in [1.29, 1.82) is 0 Å². The highest BCUT2D eigenvalue weighted by Gasteiger charge is 2.17. The molecule has 1 atom stereocenters. The third-order valence-electron chi connectivity index (χ3n) is 6.40. The molecular weight excluding hydrogens is 546 g/mol. The fourth-order valence-corrected chi connectivity index (χ4v) is 4.85. The van der Waals surface area contributed by atoms with E-state index in [-0.39, 0.29) is 16.9 Å². The molecule has 7 nitrogen and oxygen atoms in total. The number of methoxy groups -OCH3 is 1. The van der Waals surface area contributed by atoms with Gasteiger partial charge >= 0.3 is 0 Å². The highest BCUT2D eigenvalue weighted by Crippen LogP contribution is 2.27. The first-order valence-electron chi connectivity index (χ1n) is 13.4. The van der Waals surface area contributed by atoms with Gasteiger partial charge in [-0.1, -0.05) is 42.5 Å². The van der Waals surface area contributed by atoms with Gasteiger partial charge in [-0.3, -0.25) is 14.4 Å². The average molecular weight is 580 g/mol. The highest BCUT2D eigenvalue weighted by atomic mass is 32.2. The van der Waals surface area contributed by atoms with Gasteiger partial charge < -0.3 is 20.7 Å². The van der Waals surface area contributed by atoms with Crippen LogP contribution in [0, 0.1) is 13.8 Å². The molecule has 3 N–H and O–H groups in total. The van der Waals surface area contributed by atoms with Crippen LogP contribution in [0.4, 0.5) is 11.4 Å². The van der Waals surface area contributed by atoms with Crippen molar-refractivity contribution in [1.82, 2.24) is 5.32 Å². The van der Waals surface area contributed by atoms with Crippen LogP contribution >= 0.6 is 11.8 Å². The second kappa shape index (κ2) is 14.2. The summed E-state index contributed by atoms with van der Waals surface area (Å²) in [4.78, 5) is 39.9. The summed E-state index contributed by atoms with van der Waals surface area (Å²) in [7, 11) is 1.58. The Morgan fingerprint density at radius 2 is 1.52 bits per heavy atom. The lowest BCUT2D eigenvalue weighted by molar-refractivity contribution is -0.115. The molecule has 0 saturated heterocycles. The smallest absolute Gasteiger partial charge is 0.272 e. The van der Waals surface area contributed by atoms with Crippen LogP contribution in [-0.2, 0) is 9.59 Å². The van der Waals surface area contributed by atoms with Crippen LogP contribution in [0.1, 0.15) is 34.0 Å². The topological polar surface area (TPSA) is 96.5 Å². The predicted octanol–water partition coefficient (Wildman–Crippen LogP) is 6.84. The second-order valence-corrected chi connectivity index (χ2v) is 11.1. The Balaban J connectivity index is 1.44. The Morgan fingerprint density at radius 1 is 0.833 bits per heavy atom. The molecule has 0 heterocycles. The zero-order valence-corrected chi connectivity index (χ0v) is 24.8. The highest BCUT2D eigenvalue weighted by molar-refractivity contribution is 8.00. The molecule has 0 saturated carbocycles. The molecular formula is C34H33N3O4S. The number of ether oxygens (including phenoxy) is 1. The summed E-state index contributed by atoms with van der Waals surface area (Å²) >= 11 is 1.42. The monoisotopic (exact) mass is 579 g/mol. The fraction of sp³-hybridized carbons (Fsp3) is 0.147. The minimum absolute atomic E-state index is 0.0872. The molecule has 0 spiro atoms. The molecule has 1 unspecified atom stereocenters. The van der Waals surface area contributed by atoms with Gasteiger partial charge in [0.05, 0.1) is 12.4 Å². The third-order valence-corrected chi connectivity index (χ3v) is 7.51. The minimum atomic E-state index is -0.475. The van der Waals surface area contributed by atoms with E-state index in [1.54, 1.807) is 73.8 Å². The zero-order valence-electron chi connectivity index (χ0n) is 23.9. The number of thioether (sulfide) groups is 1. The van der Waals surface area contributed by atoms with Gasteiger partial charge in [-0.25, -0.2) is 0 Å². The Hall–Kier alpha value is -4.82. The van der Waals surface area contributed by atoms with E-state index in [4.69, 9.17) is 4.74 Å². The van der Waals surface area contributed by atoms with Crippen LogP contribution in [0.25, 0.3) is 6.08 Å². The quantitative estimate of drug-likeness (QED) is 0.141. The summed E-state index contributed by atoms with van der Waals surface area (Å²) < 4.78 is 5.21. The van der Waals surface area contributed by atoms with Crippen LogP contribution in [0.15, 0.2) is 108 Å². The largest absolute Gasteiger partial charge is 0.497 e. The average Bonchev–Trinajstić information content (AvgIpc) is 3.00. The number of carbonyl (C=O) groups excluding carboxylic acids is 3. The van der Waals surface area contributed by atoms with Crippen molar-refractivity contribution in [3.05, 3.63) is 125 Å². The molecule has 42 heavy (non-hydrogen) atoms. The Bertz CT molecular complexity index is 1580. The maximum atomic E-state index is 13.3. The number of hydrogen-bond acceptors (Lipinski definition) is 5. The van der Waals surface area contributed by atoms with Crippen molar-refractivity contribution in [3.8, 4) is 5.75 Å². The summed E-state index contributed by atoms with van der Waals surface area (Å²) in [5.74, 6) is -0.280. The van der Waals surface area contributed by atoms with Crippen LogP contribution < -0.4 is 20.7 Å². The molecule has 0 fully saturated rings. The van der Waals surface area contributed by atoms with Gasteiger partial charge in [0.25, 0.3) is 11.8 Å². The van der Waals surface area contributed by atoms with Crippen LogP contribution in [-0.4, -0.2) is 30.1 Å². The number of benzene rings is 4. The molecule has 4 aromatic rings. The number of carbonyl (C=O) groups is 3. The van der Waals surface area contributed by atoms with Crippen LogP contribution in [0.3, 0.4) is 0 Å². The summed E-state index contributed by atoms with van der Waals surface area (Å²) in [5.41, 5.74) is 4.68. The number of rotatable bonds is 10. The van der Waals surface area contributed by atoms with Crippen molar-refractivity contribution in [3.63, 3.8) is 0 Å². The molecule has 8 heteroatoms. The molecule has 0 aliphatic rings. The van der Waals surface area contributed by atoms with Gasteiger partial charge in [0.1, 0.15) is 11.4 Å². The molecule has 0 bridgehead atoms. The van der Waals surface area contributed by atoms with Crippen molar-refractivity contribution < 1.29 is 19.1 Å². The molecule has 3 amide bonds. The second-order valence-electron chi connectivity index (χ2n) is 9.70. The van der Waals surface area contributed by atoms with E-state index in [0.717, 1.165) is 21.7 Å². The van der Waals surface area contributed by atoms with E-state index >= 15 is 0 Å². The first-order valence-corrected chi connectivity index (χ1v) is 14.3. The first-order chi connectivity index (χ1) is 20.2. The standard InChI is InChI=1S/C34H33N3O4S/c1-22-10-11-23(2)30(20-22)36-32(38)24(3)42-29-18-14-27(15-19-29)35-34(40)31(21-25-12-16-28(41-4)17-13-25)37-33(39)26-8-6-5-7-9-26/h5-21,24H,1-4H3,(H,35,40)(H,36,38)(H,37,39)/b31-21-. The van der Waals surface area contributed by atoms with E-state index in [0.29, 0.717) is 22.6 Å². The molecule has 0 aromatic heterocycles. The summed E-state index contributed by atoms with van der Waals surface area (Å²) in [6.07, 6.45) is 1.61. The normalized spacial score (nSPS) is 11.8. The van der Waals surface area contributed by atoms with Gasteiger partial charge in [0.2, 0.25) is 5.91 Å². The number of anilines is 2. The number of aryl methyl sites for hydroxylation is 2. The predicted molar refractivity (Wildman–Crippen MR) is 170 cm³/mol. The van der Waals surface area contributed by atoms with E-state index in [1.165, 1.54) is 11.8 Å². The first kappa shape index (κ1) is 30.1. The van der Waals surface area contributed by atoms with Crippen molar-refractivity contribution in [2.45, 2.75) is 30.9 Å². The molecule has 214 valence electrons. The SMILES string of the molecule is COc1ccc(/C=C(\NC(=O)c2ccccc2)C(=O)Nc2ccc(SC(C)C(=O)Nc3cc(C)ccc3C)cc2)cc1. The van der Waals surface area contributed by atoms with Gasteiger partial charge in [-0.2, -0.15) is 0 Å². The molecule has 0 aliphatic carbocycles. The maximum absolute atomic E-state index is 13.3. The Kier molecular flexibility index (Phi) is 10.2. The third kappa shape index (κ3) is 8.34. The zero-order chi connectivity index (χ0) is 30.1.